The van der Waals surface area contributed by atoms with Crippen molar-refractivity contribution in [3.8, 4) is 0 Å². The fraction of sp³-hybridized carbons (Fsp3) is 0.250. The van der Waals surface area contributed by atoms with Crippen molar-refractivity contribution >= 4 is 29.1 Å². The number of carboxylic acid groups (broad SMARTS) is 1. The lowest BCUT2D eigenvalue weighted by atomic mass is 10.2. The van der Waals surface area contributed by atoms with Gasteiger partial charge in [-0.05, 0) is 12.1 Å². The Kier molecular flexibility index (Phi) is 4.54. The molecule has 0 atom stereocenters. The first kappa shape index (κ1) is 14.3. The molecule has 0 saturated carbocycles. The molecule has 0 fully saturated rings. The number of rotatable bonds is 6. The summed E-state index contributed by atoms with van der Waals surface area (Å²) < 4.78 is 6.66. The Bertz CT molecular complexity index is 614. The zero-order valence-corrected chi connectivity index (χ0v) is 11.5. The summed E-state index contributed by atoms with van der Waals surface area (Å²) in [4.78, 5) is 14.9. The molecule has 0 unspecified atom stereocenters. The number of anilines is 2. The molecule has 0 aliphatic rings. The molecule has 0 saturated heterocycles. The number of carboxylic acids is 1. The van der Waals surface area contributed by atoms with Crippen molar-refractivity contribution < 1.29 is 14.6 Å². The van der Waals surface area contributed by atoms with Gasteiger partial charge in [-0.3, -0.25) is 4.68 Å². The van der Waals surface area contributed by atoms with Crippen molar-refractivity contribution in [1.29, 1.82) is 0 Å². The van der Waals surface area contributed by atoms with E-state index in [1.807, 2.05) is 0 Å². The maximum absolute atomic E-state index is 10.9. The first-order valence-corrected chi connectivity index (χ1v) is 6.15. The van der Waals surface area contributed by atoms with Crippen LogP contribution in [0.3, 0.4) is 0 Å². The Morgan fingerprint density at radius 2 is 2.35 bits per heavy atom. The summed E-state index contributed by atoms with van der Waals surface area (Å²) in [6.45, 7) is 1.18. The minimum atomic E-state index is -1.06. The van der Waals surface area contributed by atoms with Crippen LogP contribution < -0.4 is 5.32 Å². The molecule has 2 N–H and O–H groups in total. The second kappa shape index (κ2) is 6.36. The van der Waals surface area contributed by atoms with Gasteiger partial charge in [0.2, 0.25) is 0 Å². The van der Waals surface area contributed by atoms with Gasteiger partial charge in [0, 0.05) is 13.3 Å². The molecule has 0 bridgehead atoms. The van der Waals surface area contributed by atoms with Gasteiger partial charge in [-0.25, -0.2) is 9.78 Å². The van der Waals surface area contributed by atoms with E-state index >= 15 is 0 Å². The first-order valence-electron chi connectivity index (χ1n) is 5.78. The highest BCUT2D eigenvalue weighted by Gasteiger charge is 2.08. The molecule has 2 aromatic rings. The third-order valence-electron chi connectivity index (χ3n) is 2.47. The van der Waals surface area contributed by atoms with Crippen LogP contribution in [0.15, 0.2) is 24.5 Å². The maximum Gasteiger partial charge on any atom is 0.335 e. The number of aromatic carboxylic acids is 1. The molecule has 0 aliphatic heterocycles. The zero-order chi connectivity index (χ0) is 14.5. The molecule has 0 aliphatic carbocycles. The summed E-state index contributed by atoms with van der Waals surface area (Å²) in [5.41, 5.74) is 0.756. The fourth-order valence-electron chi connectivity index (χ4n) is 1.57. The van der Waals surface area contributed by atoms with Crippen LogP contribution in [0, 0.1) is 0 Å². The summed E-state index contributed by atoms with van der Waals surface area (Å²) in [6.07, 6.45) is 3.38. The molecular formula is C12H13ClN4O3. The lowest BCUT2D eigenvalue weighted by molar-refractivity contribution is 0.0697. The number of pyridine rings is 1. The topological polar surface area (TPSA) is 89.3 Å². The van der Waals surface area contributed by atoms with E-state index in [9.17, 15) is 4.79 Å². The zero-order valence-electron chi connectivity index (χ0n) is 10.7. The van der Waals surface area contributed by atoms with Crippen LogP contribution in [0.1, 0.15) is 10.4 Å². The lowest BCUT2D eigenvalue weighted by Crippen LogP contribution is -2.04. The summed E-state index contributed by atoms with van der Waals surface area (Å²) in [5.74, 6) is -0.714. The number of carbonyl (C=O) groups is 1. The summed E-state index contributed by atoms with van der Waals surface area (Å²) in [6, 6.07) is 2.69. The molecule has 20 heavy (non-hydrogen) atoms. The van der Waals surface area contributed by atoms with Crippen LogP contribution in [0.5, 0.6) is 0 Å². The molecular weight excluding hydrogens is 284 g/mol. The van der Waals surface area contributed by atoms with Crippen molar-refractivity contribution in [3.05, 3.63) is 35.2 Å². The first-order chi connectivity index (χ1) is 9.58. The molecule has 2 heterocycles. The highest BCUT2D eigenvalue weighted by atomic mass is 35.5. The van der Waals surface area contributed by atoms with Crippen LogP contribution in [0.25, 0.3) is 0 Å². The van der Waals surface area contributed by atoms with E-state index in [0.717, 1.165) is 0 Å². The molecule has 8 heteroatoms. The number of nitrogens with one attached hydrogen (secondary N) is 1. The van der Waals surface area contributed by atoms with Crippen LogP contribution >= 0.6 is 11.6 Å². The average Bonchev–Trinajstić information content (AvgIpc) is 2.83. The Hall–Kier alpha value is -2.12. The van der Waals surface area contributed by atoms with E-state index in [-0.39, 0.29) is 10.7 Å². The predicted molar refractivity (Wildman–Crippen MR) is 73.6 cm³/mol. The molecule has 0 aromatic carbocycles. The maximum atomic E-state index is 10.9. The number of ether oxygens (including phenoxy) is 1. The molecule has 0 spiro atoms. The van der Waals surface area contributed by atoms with Gasteiger partial charge < -0.3 is 15.2 Å². The van der Waals surface area contributed by atoms with E-state index in [0.29, 0.717) is 24.7 Å². The normalized spacial score (nSPS) is 10.5. The van der Waals surface area contributed by atoms with Gasteiger partial charge in [-0.2, -0.15) is 5.10 Å². The van der Waals surface area contributed by atoms with E-state index in [1.165, 1.54) is 12.1 Å². The molecule has 7 nitrogen and oxygen atoms in total. The number of aromatic nitrogens is 3. The third kappa shape index (κ3) is 3.69. The van der Waals surface area contributed by atoms with E-state index in [1.54, 1.807) is 24.2 Å². The minimum absolute atomic E-state index is 0.0688. The Morgan fingerprint density at radius 3 is 3.05 bits per heavy atom. The standard InChI is InChI=1S/C12H13ClN4O3/c1-20-3-2-17-7-9(6-14-17)15-11-5-8(12(18)19)4-10(13)16-11/h4-7H,2-3H2,1H3,(H,15,16)(H,18,19). The number of methoxy groups -OCH3 is 1. The molecule has 0 amide bonds. The van der Waals surface area contributed by atoms with Crippen molar-refractivity contribution in [2.24, 2.45) is 0 Å². The van der Waals surface area contributed by atoms with Crippen molar-refractivity contribution in [3.63, 3.8) is 0 Å². The molecule has 2 rings (SSSR count). The van der Waals surface area contributed by atoms with Crippen LogP contribution in [-0.2, 0) is 11.3 Å². The van der Waals surface area contributed by atoms with E-state index < -0.39 is 5.97 Å². The molecule has 0 radical (unpaired) electrons. The Labute approximate surface area is 120 Å². The number of hydrogen-bond donors (Lipinski definition) is 2. The van der Waals surface area contributed by atoms with Crippen molar-refractivity contribution in [2.45, 2.75) is 6.54 Å². The van der Waals surface area contributed by atoms with Gasteiger partial charge in [-0.15, -0.1) is 0 Å². The van der Waals surface area contributed by atoms with Crippen LogP contribution in [0.4, 0.5) is 11.5 Å². The molecule has 2 aromatic heterocycles. The highest BCUT2D eigenvalue weighted by Crippen LogP contribution is 2.18. The Morgan fingerprint density at radius 1 is 1.55 bits per heavy atom. The van der Waals surface area contributed by atoms with E-state index in [4.69, 9.17) is 21.4 Å². The second-order valence-corrected chi connectivity index (χ2v) is 4.37. The van der Waals surface area contributed by atoms with Gasteiger partial charge >= 0.3 is 5.97 Å². The number of halogens is 1. The third-order valence-corrected chi connectivity index (χ3v) is 2.66. The highest BCUT2D eigenvalue weighted by molar-refractivity contribution is 6.29. The summed E-state index contributed by atoms with van der Waals surface area (Å²) in [5, 5.41) is 16.1. The SMILES string of the molecule is COCCn1cc(Nc2cc(C(=O)O)cc(Cl)n2)cn1. The lowest BCUT2D eigenvalue weighted by Gasteiger charge is -2.04. The molecule has 106 valence electrons. The largest absolute Gasteiger partial charge is 0.478 e. The monoisotopic (exact) mass is 296 g/mol. The van der Waals surface area contributed by atoms with Gasteiger partial charge in [0.1, 0.15) is 11.0 Å². The van der Waals surface area contributed by atoms with Gasteiger partial charge in [0.25, 0.3) is 0 Å². The smallest absolute Gasteiger partial charge is 0.335 e. The van der Waals surface area contributed by atoms with Crippen LogP contribution in [-0.4, -0.2) is 39.6 Å². The Balaban J connectivity index is 2.13. The summed E-state index contributed by atoms with van der Waals surface area (Å²) in [7, 11) is 1.62. The fourth-order valence-corrected chi connectivity index (χ4v) is 1.78. The van der Waals surface area contributed by atoms with E-state index in [2.05, 4.69) is 15.4 Å². The van der Waals surface area contributed by atoms with Crippen molar-refractivity contribution in [1.82, 2.24) is 14.8 Å². The van der Waals surface area contributed by atoms with Gasteiger partial charge in [0.15, 0.2) is 0 Å². The predicted octanol–water partition coefficient (Wildman–Crippen LogP) is 2.02. The van der Waals surface area contributed by atoms with Gasteiger partial charge in [0.05, 0.1) is 30.6 Å². The minimum Gasteiger partial charge on any atom is -0.478 e. The second-order valence-electron chi connectivity index (χ2n) is 3.98. The number of nitrogens with zero attached hydrogens (tertiary/aromatic N) is 3. The quantitative estimate of drug-likeness (QED) is 0.793. The van der Waals surface area contributed by atoms with Crippen molar-refractivity contribution in [2.75, 3.05) is 19.0 Å². The number of hydrogen-bond acceptors (Lipinski definition) is 5. The van der Waals surface area contributed by atoms with Crippen LogP contribution in [0.2, 0.25) is 5.15 Å². The summed E-state index contributed by atoms with van der Waals surface area (Å²) >= 11 is 5.78. The van der Waals surface area contributed by atoms with Gasteiger partial charge in [-0.1, -0.05) is 11.6 Å². The average molecular weight is 297 g/mol.